The summed E-state index contributed by atoms with van der Waals surface area (Å²) in [7, 11) is 3.00. The number of carbonyl (C=O) groups excluding carboxylic acids is 3. The van der Waals surface area contributed by atoms with Crippen LogP contribution in [0.2, 0.25) is 0 Å². The normalized spacial score (nSPS) is 10.3. The molecule has 0 unspecified atom stereocenters. The topological polar surface area (TPSA) is 81.4 Å². The Morgan fingerprint density at radius 1 is 1.00 bits per heavy atom. The lowest BCUT2D eigenvalue weighted by atomic mass is 10.3. The van der Waals surface area contributed by atoms with Gasteiger partial charge in [0.15, 0.2) is 0 Å². The smallest absolute Gasteiger partial charge is 0.342 e. The summed E-state index contributed by atoms with van der Waals surface area (Å²) in [6.45, 7) is 3.82. The van der Waals surface area contributed by atoms with Crippen molar-refractivity contribution in [3.8, 4) is 0 Å². The first-order valence-electron chi connectivity index (χ1n) is 5.28. The number of aromatic nitrogens is 2. The first kappa shape index (κ1) is 13.9. The van der Waals surface area contributed by atoms with Crippen LogP contribution in [-0.2, 0) is 0 Å². The zero-order valence-corrected chi connectivity index (χ0v) is 11.0. The van der Waals surface area contributed by atoms with E-state index in [0.717, 1.165) is 16.1 Å². The fraction of sp³-hybridized carbons (Fsp3) is 0.455. The molecule has 0 aliphatic rings. The summed E-state index contributed by atoms with van der Waals surface area (Å²) in [5.74, 6) is -1.64. The Bertz CT molecular complexity index is 592. The molecule has 0 spiro atoms. The molecule has 0 atom stereocenters. The van der Waals surface area contributed by atoms with E-state index < -0.39 is 23.4 Å². The summed E-state index contributed by atoms with van der Waals surface area (Å²) in [5.41, 5.74) is -0.716. The van der Waals surface area contributed by atoms with E-state index in [1.54, 1.807) is 0 Å². The Morgan fingerprint density at radius 3 is 1.78 bits per heavy atom. The lowest BCUT2D eigenvalue weighted by Gasteiger charge is -2.11. The highest BCUT2D eigenvalue weighted by Crippen LogP contribution is 2.09. The van der Waals surface area contributed by atoms with E-state index in [0.29, 0.717) is 0 Å². The Balaban J connectivity index is 3.75. The first-order valence-corrected chi connectivity index (χ1v) is 5.28. The van der Waals surface area contributed by atoms with Gasteiger partial charge in [-0.1, -0.05) is 0 Å². The molecule has 7 heteroatoms. The van der Waals surface area contributed by atoms with Gasteiger partial charge in [0.05, 0.1) is 5.69 Å². The number of rotatable bonds is 1. The van der Waals surface area contributed by atoms with Gasteiger partial charge >= 0.3 is 5.69 Å². The van der Waals surface area contributed by atoms with E-state index in [1.807, 2.05) is 0 Å². The van der Waals surface area contributed by atoms with Crippen LogP contribution in [0.1, 0.15) is 39.6 Å². The van der Waals surface area contributed by atoms with Crippen molar-refractivity contribution in [1.29, 1.82) is 0 Å². The largest absolute Gasteiger partial charge is 0.343 e. The van der Waals surface area contributed by atoms with E-state index >= 15 is 0 Å². The predicted octanol–water partition coefficient (Wildman–Crippen LogP) is -0.0198. The van der Waals surface area contributed by atoms with Crippen LogP contribution < -0.4 is 5.69 Å². The van der Waals surface area contributed by atoms with Gasteiger partial charge in [0.1, 0.15) is 5.69 Å². The zero-order valence-electron chi connectivity index (χ0n) is 11.0. The summed E-state index contributed by atoms with van der Waals surface area (Å²) >= 11 is 0. The number of carbonyl (C=O) groups is 3. The maximum Gasteiger partial charge on any atom is 0.342 e. The summed E-state index contributed by atoms with van der Waals surface area (Å²) in [6.07, 6.45) is 0. The predicted molar refractivity (Wildman–Crippen MR) is 64.0 cm³/mol. The van der Waals surface area contributed by atoms with Gasteiger partial charge in [-0.05, 0) is 6.92 Å². The molecule has 0 saturated heterocycles. The Kier molecular flexibility index (Phi) is 3.54. The molecule has 0 aliphatic heterocycles. The minimum Gasteiger partial charge on any atom is -0.343 e. The fourth-order valence-corrected chi connectivity index (χ4v) is 1.73. The molecule has 0 fully saturated rings. The van der Waals surface area contributed by atoms with Crippen LogP contribution >= 0.6 is 0 Å². The minimum atomic E-state index is -0.808. The van der Waals surface area contributed by atoms with Crippen molar-refractivity contribution in [2.24, 2.45) is 0 Å². The zero-order chi connectivity index (χ0) is 14.2. The molecule has 1 heterocycles. The number of nitrogens with zero attached hydrogens (tertiary/aromatic N) is 3. The van der Waals surface area contributed by atoms with Crippen molar-refractivity contribution in [2.75, 3.05) is 14.1 Å². The van der Waals surface area contributed by atoms with Gasteiger partial charge in [0.2, 0.25) is 11.8 Å². The molecule has 0 aromatic carbocycles. The highest BCUT2D eigenvalue weighted by molar-refractivity contribution is 5.98. The molecule has 1 rings (SSSR count). The third-order valence-electron chi connectivity index (χ3n) is 2.52. The second-order valence-corrected chi connectivity index (χ2v) is 4.13. The summed E-state index contributed by atoms with van der Waals surface area (Å²) in [6, 6.07) is 0. The lowest BCUT2D eigenvalue weighted by Crippen LogP contribution is -2.33. The molecule has 0 saturated carbocycles. The molecule has 1 amide bonds. The first-order chi connectivity index (χ1) is 8.20. The maximum atomic E-state index is 12.0. The van der Waals surface area contributed by atoms with Gasteiger partial charge in [0.25, 0.3) is 5.91 Å². The molecular weight excluding hydrogens is 238 g/mol. The van der Waals surface area contributed by atoms with Crippen LogP contribution in [0.25, 0.3) is 0 Å². The van der Waals surface area contributed by atoms with E-state index in [2.05, 4.69) is 0 Å². The fourth-order valence-electron chi connectivity index (χ4n) is 1.73. The Morgan fingerprint density at radius 2 is 1.44 bits per heavy atom. The summed E-state index contributed by atoms with van der Waals surface area (Å²) < 4.78 is 1.54. The molecule has 0 N–H and O–H groups in total. The van der Waals surface area contributed by atoms with E-state index in [1.165, 1.54) is 32.8 Å². The monoisotopic (exact) mass is 253 g/mol. The third kappa shape index (κ3) is 1.99. The number of imidazole rings is 1. The number of hydrogen-bond acceptors (Lipinski definition) is 4. The standard InChI is InChI=1S/C11H15N3O4/c1-6-9(10(17)12(4)5)14(8(3)16)11(18)13(6)7(2)15/h1-5H3. The molecule has 0 aliphatic carbocycles. The van der Waals surface area contributed by atoms with Crippen LogP contribution in [0, 0.1) is 6.92 Å². The van der Waals surface area contributed by atoms with Gasteiger partial charge in [0, 0.05) is 27.9 Å². The van der Waals surface area contributed by atoms with Crippen molar-refractivity contribution in [2.45, 2.75) is 20.8 Å². The van der Waals surface area contributed by atoms with E-state index in [9.17, 15) is 19.2 Å². The molecule has 98 valence electrons. The summed E-state index contributed by atoms with van der Waals surface area (Å²) in [5, 5.41) is 0. The van der Waals surface area contributed by atoms with Crippen LogP contribution in [0.15, 0.2) is 4.79 Å². The van der Waals surface area contributed by atoms with Crippen LogP contribution in [0.3, 0.4) is 0 Å². The minimum absolute atomic E-state index is 0.0762. The third-order valence-corrected chi connectivity index (χ3v) is 2.52. The molecular formula is C11H15N3O4. The second kappa shape index (κ2) is 4.59. The number of amides is 1. The average molecular weight is 253 g/mol. The van der Waals surface area contributed by atoms with Crippen LogP contribution in [-0.4, -0.2) is 45.9 Å². The van der Waals surface area contributed by atoms with Gasteiger partial charge < -0.3 is 4.90 Å². The molecule has 0 radical (unpaired) electrons. The lowest BCUT2D eigenvalue weighted by molar-refractivity contribution is 0.0795. The van der Waals surface area contributed by atoms with Gasteiger partial charge in [-0.3, -0.25) is 14.4 Å². The maximum absolute atomic E-state index is 12.0. The molecule has 0 bridgehead atoms. The highest BCUT2D eigenvalue weighted by atomic mass is 16.2. The molecule has 7 nitrogen and oxygen atoms in total. The molecule has 1 aromatic heterocycles. The number of hydrogen-bond donors (Lipinski definition) is 0. The van der Waals surface area contributed by atoms with Crippen molar-refractivity contribution in [3.63, 3.8) is 0 Å². The quantitative estimate of drug-likeness (QED) is 0.704. The second-order valence-electron chi connectivity index (χ2n) is 4.13. The van der Waals surface area contributed by atoms with Crippen LogP contribution in [0.5, 0.6) is 0 Å². The van der Waals surface area contributed by atoms with Crippen molar-refractivity contribution < 1.29 is 14.4 Å². The molecule has 18 heavy (non-hydrogen) atoms. The van der Waals surface area contributed by atoms with Gasteiger partial charge in [-0.2, -0.15) is 0 Å². The van der Waals surface area contributed by atoms with E-state index in [-0.39, 0.29) is 11.4 Å². The van der Waals surface area contributed by atoms with Gasteiger partial charge in [-0.15, -0.1) is 0 Å². The highest BCUT2D eigenvalue weighted by Gasteiger charge is 2.27. The van der Waals surface area contributed by atoms with Crippen LogP contribution in [0.4, 0.5) is 0 Å². The van der Waals surface area contributed by atoms with E-state index in [4.69, 9.17) is 0 Å². The van der Waals surface area contributed by atoms with Crippen molar-refractivity contribution in [3.05, 3.63) is 21.9 Å². The van der Waals surface area contributed by atoms with Crippen molar-refractivity contribution >= 4 is 17.7 Å². The Labute approximate surface area is 104 Å². The summed E-state index contributed by atoms with van der Waals surface area (Å²) in [4.78, 5) is 48.0. The van der Waals surface area contributed by atoms with Gasteiger partial charge in [-0.25, -0.2) is 13.9 Å². The SMILES string of the molecule is CC(=O)n1c(C)c(C(=O)N(C)C)n(C(C)=O)c1=O. The Hall–Kier alpha value is -2.18. The van der Waals surface area contributed by atoms with Crippen molar-refractivity contribution in [1.82, 2.24) is 14.0 Å². The molecule has 1 aromatic rings. The average Bonchev–Trinajstić information content (AvgIpc) is 2.48.